The van der Waals surface area contributed by atoms with Gasteiger partial charge in [-0.25, -0.2) is 9.18 Å². The SMILES string of the molecule is COc1cccc(-c2noc(C3=C(C)N(Cc4ccco4)C(=O)NC3c3ccc(F)cc3)n2)c1. The molecule has 1 atom stereocenters. The Morgan fingerprint density at radius 3 is 2.71 bits per heavy atom. The average molecular weight is 460 g/mol. The third kappa shape index (κ3) is 4.03. The number of hydrogen-bond donors (Lipinski definition) is 1. The number of halogens is 1. The molecule has 0 spiro atoms. The van der Waals surface area contributed by atoms with Crippen LogP contribution in [0.5, 0.6) is 5.75 Å². The van der Waals surface area contributed by atoms with Crippen LogP contribution >= 0.6 is 0 Å². The summed E-state index contributed by atoms with van der Waals surface area (Å²) in [7, 11) is 1.58. The molecule has 2 amide bonds. The molecule has 34 heavy (non-hydrogen) atoms. The highest BCUT2D eigenvalue weighted by Gasteiger charge is 2.36. The van der Waals surface area contributed by atoms with Gasteiger partial charge in [-0.3, -0.25) is 4.90 Å². The van der Waals surface area contributed by atoms with Crippen LogP contribution in [-0.2, 0) is 6.54 Å². The molecule has 0 saturated carbocycles. The first-order valence-electron chi connectivity index (χ1n) is 10.6. The van der Waals surface area contributed by atoms with Gasteiger partial charge in [-0.15, -0.1) is 0 Å². The topological polar surface area (TPSA) is 93.6 Å². The maximum absolute atomic E-state index is 13.6. The number of methoxy groups -OCH3 is 1. The van der Waals surface area contributed by atoms with Crippen LogP contribution in [0.15, 0.2) is 81.6 Å². The van der Waals surface area contributed by atoms with Gasteiger partial charge in [0, 0.05) is 11.3 Å². The van der Waals surface area contributed by atoms with Gasteiger partial charge in [-0.1, -0.05) is 29.4 Å². The van der Waals surface area contributed by atoms with Crippen LogP contribution in [0.4, 0.5) is 9.18 Å². The lowest BCUT2D eigenvalue weighted by Gasteiger charge is -2.34. The highest BCUT2D eigenvalue weighted by atomic mass is 19.1. The van der Waals surface area contributed by atoms with Crippen LogP contribution in [0.25, 0.3) is 17.0 Å². The Balaban J connectivity index is 1.59. The van der Waals surface area contributed by atoms with Crippen LogP contribution in [-0.4, -0.2) is 28.2 Å². The summed E-state index contributed by atoms with van der Waals surface area (Å²) in [4.78, 5) is 19.2. The number of hydrogen-bond acceptors (Lipinski definition) is 6. The maximum Gasteiger partial charge on any atom is 0.322 e. The van der Waals surface area contributed by atoms with E-state index in [4.69, 9.17) is 13.7 Å². The number of ether oxygens (including phenoxy) is 1. The molecule has 0 bridgehead atoms. The molecule has 0 radical (unpaired) electrons. The lowest BCUT2D eigenvalue weighted by atomic mass is 9.94. The minimum Gasteiger partial charge on any atom is -0.497 e. The second-order valence-corrected chi connectivity index (χ2v) is 7.75. The van der Waals surface area contributed by atoms with E-state index in [9.17, 15) is 9.18 Å². The fourth-order valence-electron chi connectivity index (χ4n) is 3.92. The number of nitrogens with one attached hydrogen (secondary N) is 1. The van der Waals surface area contributed by atoms with Crippen LogP contribution in [0.3, 0.4) is 0 Å². The molecular weight excluding hydrogens is 439 g/mol. The number of amides is 2. The summed E-state index contributed by atoms with van der Waals surface area (Å²) in [5.74, 6) is 1.54. The molecule has 4 aromatic rings. The lowest BCUT2D eigenvalue weighted by Crippen LogP contribution is -2.45. The fourth-order valence-corrected chi connectivity index (χ4v) is 3.92. The molecular formula is C25H21FN4O4. The van der Waals surface area contributed by atoms with Crippen molar-refractivity contribution in [3.63, 3.8) is 0 Å². The number of carbonyl (C=O) groups excluding carboxylic acids is 1. The zero-order valence-electron chi connectivity index (χ0n) is 18.5. The summed E-state index contributed by atoms with van der Waals surface area (Å²) in [6.07, 6.45) is 1.55. The number of aromatic nitrogens is 2. The van der Waals surface area contributed by atoms with E-state index in [0.29, 0.717) is 34.2 Å². The van der Waals surface area contributed by atoms with Crippen LogP contribution < -0.4 is 10.1 Å². The van der Waals surface area contributed by atoms with Crippen molar-refractivity contribution in [1.82, 2.24) is 20.4 Å². The largest absolute Gasteiger partial charge is 0.497 e. The van der Waals surface area contributed by atoms with Crippen molar-refractivity contribution in [2.75, 3.05) is 7.11 Å². The molecule has 3 heterocycles. The summed E-state index contributed by atoms with van der Waals surface area (Å²) >= 11 is 0. The third-order valence-electron chi connectivity index (χ3n) is 5.68. The summed E-state index contributed by atoms with van der Waals surface area (Å²) in [5.41, 5.74) is 2.64. The van der Waals surface area contributed by atoms with Crippen molar-refractivity contribution >= 4 is 11.6 Å². The Kier molecular flexibility index (Phi) is 5.59. The van der Waals surface area contributed by atoms with E-state index in [1.807, 2.05) is 25.1 Å². The van der Waals surface area contributed by atoms with Gasteiger partial charge < -0.3 is 19.0 Å². The summed E-state index contributed by atoms with van der Waals surface area (Å²) in [5, 5.41) is 7.13. The van der Waals surface area contributed by atoms with Crippen molar-refractivity contribution in [2.24, 2.45) is 0 Å². The fraction of sp³-hybridized carbons (Fsp3) is 0.160. The Morgan fingerprint density at radius 2 is 1.97 bits per heavy atom. The molecule has 1 aliphatic heterocycles. The third-order valence-corrected chi connectivity index (χ3v) is 5.68. The van der Waals surface area contributed by atoms with Crippen molar-refractivity contribution in [3.8, 4) is 17.1 Å². The number of carbonyl (C=O) groups is 1. The number of furan rings is 1. The molecule has 1 unspecified atom stereocenters. The molecule has 2 aromatic carbocycles. The molecule has 9 heteroatoms. The molecule has 0 fully saturated rings. The quantitative estimate of drug-likeness (QED) is 0.426. The Labute approximate surface area is 194 Å². The molecule has 2 aromatic heterocycles. The predicted octanol–water partition coefficient (Wildman–Crippen LogP) is 5.18. The smallest absolute Gasteiger partial charge is 0.322 e. The second kappa shape index (κ2) is 8.86. The van der Waals surface area contributed by atoms with Crippen molar-refractivity contribution in [1.29, 1.82) is 0 Å². The van der Waals surface area contributed by atoms with Gasteiger partial charge in [-0.2, -0.15) is 4.98 Å². The normalized spacial score (nSPS) is 16.0. The Hall–Kier alpha value is -4.40. The second-order valence-electron chi connectivity index (χ2n) is 7.75. The van der Waals surface area contributed by atoms with E-state index >= 15 is 0 Å². The Morgan fingerprint density at radius 1 is 1.15 bits per heavy atom. The highest BCUT2D eigenvalue weighted by molar-refractivity contribution is 5.86. The number of allylic oxidation sites excluding steroid dienone is 1. The first-order valence-corrected chi connectivity index (χ1v) is 10.6. The highest BCUT2D eigenvalue weighted by Crippen LogP contribution is 2.38. The van der Waals surface area contributed by atoms with Gasteiger partial charge in [0.15, 0.2) is 0 Å². The van der Waals surface area contributed by atoms with Crippen LogP contribution in [0.2, 0.25) is 0 Å². The maximum atomic E-state index is 13.6. The van der Waals surface area contributed by atoms with E-state index in [2.05, 4.69) is 15.5 Å². The summed E-state index contributed by atoms with van der Waals surface area (Å²) in [6.45, 7) is 2.03. The van der Waals surface area contributed by atoms with E-state index in [1.165, 1.54) is 12.1 Å². The molecule has 172 valence electrons. The molecule has 0 aliphatic carbocycles. The zero-order chi connectivity index (χ0) is 23.7. The number of rotatable bonds is 6. The van der Waals surface area contributed by atoms with Crippen molar-refractivity contribution in [2.45, 2.75) is 19.5 Å². The molecule has 8 nitrogen and oxygen atoms in total. The van der Waals surface area contributed by atoms with Crippen LogP contribution in [0, 0.1) is 5.82 Å². The standard InChI is InChI=1S/C25H21FN4O4/c1-15-21(24-28-23(29-34-24)17-5-3-6-19(13-17)32-2)22(16-8-10-18(26)11-9-16)27-25(31)30(15)14-20-7-4-12-33-20/h3-13,22H,14H2,1-2H3,(H,27,31). The molecule has 1 N–H and O–H groups in total. The van der Waals surface area contributed by atoms with E-state index in [1.54, 1.807) is 48.6 Å². The first-order chi connectivity index (χ1) is 16.5. The number of benzene rings is 2. The molecule has 1 aliphatic rings. The zero-order valence-corrected chi connectivity index (χ0v) is 18.5. The van der Waals surface area contributed by atoms with Crippen LogP contribution in [0.1, 0.15) is 30.2 Å². The predicted molar refractivity (Wildman–Crippen MR) is 121 cm³/mol. The summed E-state index contributed by atoms with van der Waals surface area (Å²) in [6, 6.07) is 15.9. The lowest BCUT2D eigenvalue weighted by molar-refractivity contribution is 0.199. The van der Waals surface area contributed by atoms with Gasteiger partial charge in [0.2, 0.25) is 5.82 Å². The van der Waals surface area contributed by atoms with E-state index < -0.39 is 6.04 Å². The van der Waals surface area contributed by atoms with E-state index in [0.717, 1.165) is 5.56 Å². The molecule has 5 rings (SSSR count). The van der Waals surface area contributed by atoms with Gasteiger partial charge in [0.05, 0.1) is 31.5 Å². The van der Waals surface area contributed by atoms with Crippen molar-refractivity contribution < 1.29 is 22.9 Å². The number of urea groups is 1. The minimum absolute atomic E-state index is 0.223. The van der Waals surface area contributed by atoms with Gasteiger partial charge >= 0.3 is 6.03 Å². The van der Waals surface area contributed by atoms with E-state index in [-0.39, 0.29) is 24.3 Å². The summed E-state index contributed by atoms with van der Waals surface area (Å²) < 4.78 is 30.0. The van der Waals surface area contributed by atoms with Gasteiger partial charge in [0.25, 0.3) is 5.89 Å². The Bertz CT molecular complexity index is 1350. The number of nitrogens with zero attached hydrogens (tertiary/aromatic N) is 3. The monoisotopic (exact) mass is 460 g/mol. The average Bonchev–Trinajstić information content (AvgIpc) is 3.54. The van der Waals surface area contributed by atoms with Gasteiger partial charge in [-0.05, 0) is 48.9 Å². The minimum atomic E-state index is -0.612. The molecule has 0 saturated heterocycles. The van der Waals surface area contributed by atoms with Crippen molar-refractivity contribution in [3.05, 3.63) is 95.7 Å². The first kappa shape index (κ1) is 21.4. The van der Waals surface area contributed by atoms with Gasteiger partial charge in [0.1, 0.15) is 17.3 Å².